The first-order valence-corrected chi connectivity index (χ1v) is 8.63. The first-order valence-electron chi connectivity index (χ1n) is 5.27. The molecule has 0 radical (unpaired) electrons. The summed E-state index contributed by atoms with van der Waals surface area (Å²) in [5.74, 6) is 0.641. The number of nitrogens with one attached hydrogen (secondary N) is 1. The maximum Gasteiger partial charge on any atom is 0.280 e. The van der Waals surface area contributed by atoms with E-state index in [0.29, 0.717) is 16.0 Å². The van der Waals surface area contributed by atoms with Crippen molar-refractivity contribution in [1.82, 2.24) is 9.55 Å². The Morgan fingerprint density at radius 3 is 2.68 bits per heavy atom. The molecule has 0 bridgehead atoms. The highest BCUT2D eigenvalue weighted by Crippen LogP contribution is 2.26. The Labute approximate surface area is 133 Å². The second-order valence-electron chi connectivity index (χ2n) is 3.97. The summed E-state index contributed by atoms with van der Waals surface area (Å²) >= 11 is 5.44. The zero-order chi connectivity index (χ0) is 14.2. The van der Waals surface area contributed by atoms with E-state index in [4.69, 9.17) is 0 Å². The Hall–Kier alpha value is -0.610. The Kier molecular flexibility index (Phi) is 4.21. The molecule has 5 nitrogen and oxygen atoms in total. The molecule has 0 saturated heterocycles. The molecule has 0 aliphatic rings. The molecule has 19 heavy (non-hydrogen) atoms. The van der Waals surface area contributed by atoms with Gasteiger partial charge < -0.3 is 4.57 Å². The van der Waals surface area contributed by atoms with Crippen molar-refractivity contribution in [3.63, 3.8) is 0 Å². The fourth-order valence-corrected chi connectivity index (χ4v) is 3.51. The van der Waals surface area contributed by atoms with Gasteiger partial charge in [0.1, 0.15) is 5.82 Å². The van der Waals surface area contributed by atoms with Gasteiger partial charge in [0.15, 0.2) is 5.03 Å². The monoisotopic (exact) mass is 455 g/mol. The second-order valence-corrected chi connectivity index (χ2v) is 7.70. The number of aromatic nitrogens is 2. The van der Waals surface area contributed by atoms with Crippen molar-refractivity contribution in [1.29, 1.82) is 0 Å². The van der Waals surface area contributed by atoms with E-state index in [1.165, 1.54) is 6.20 Å². The number of rotatable bonds is 3. The number of nitrogens with zero attached hydrogens (tertiary/aromatic N) is 2. The molecule has 1 N–H and O–H groups in total. The number of sulfonamides is 1. The summed E-state index contributed by atoms with van der Waals surface area (Å²) in [7, 11) is -1.92. The van der Waals surface area contributed by atoms with Crippen LogP contribution < -0.4 is 4.72 Å². The van der Waals surface area contributed by atoms with Crippen LogP contribution >= 0.6 is 38.5 Å². The SMILES string of the molecule is Cc1nc(S(=O)(=O)Nc2cc(I)ccc2Br)cn1C. The van der Waals surface area contributed by atoms with Crippen LogP contribution in [0.2, 0.25) is 0 Å². The number of halogens is 2. The standard InChI is InChI=1S/C11H11BrIN3O2S/c1-7-14-11(6-16(7)2)19(17,18)15-10-5-8(13)3-4-9(10)12/h3-6,15H,1-2H3. The molecule has 2 aromatic rings. The predicted molar refractivity (Wildman–Crippen MR) is 85.6 cm³/mol. The second kappa shape index (κ2) is 5.41. The van der Waals surface area contributed by atoms with E-state index in [1.54, 1.807) is 30.7 Å². The Balaban J connectivity index is 2.39. The normalized spacial score (nSPS) is 11.6. The van der Waals surface area contributed by atoms with Gasteiger partial charge in [0.05, 0.1) is 5.69 Å². The average Bonchev–Trinajstić information content (AvgIpc) is 2.65. The molecule has 2 rings (SSSR count). The van der Waals surface area contributed by atoms with Crippen LogP contribution in [0.1, 0.15) is 5.82 Å². The van der Waals surface area contributed by atoms with Gasteiger partial charge in [0, 0.05) is 21.3 Å². The van der Waals surface area contributed by atoms with E-state index in [2.05, 4.69) is 48.2 Å². The number of aryl methyl sites for hydroxylation is 2. The summed E-state index contributed by atoms with van der Waals surface area (Å²) in [6.07, 6.45) is 1.49. The molecular weight excluding hydrogens is 445 g/mol. The third-order valence-electron chi connectivity index (χ3n) is 2.53. The van der Waals surface area contributed by atoms with Crippen LogP contribution in [0.25, 0.3) is 0 Å². The molecular formula is C11H11BrIN3O2S. The van der Waals surface area contributed by atoms with Crippen LogP contribution in [-0.4, -0.2) is 18.0 Å². The number of benzene rings is 1. The summed E-state index contributed by atoms with van der Waals surface area (Å²) in [6, 6.07) is 5.43. The molecule has 1 heterocycles. The van der Waals surface area contributed by atoms with Crippen LogP contribution in [0, 0.1) is 10.5 Å². The van der Waals surface area contributed by atoms with Crippen LogP contribution in [0.5, 0.6) is 0 Å². The lowest BCUT2D eigenvalue weighted by Crippen LogP contribution is -2.14. The zero-order valence-corrected chi connectivity index (χ0v) is 14.7. The molecule has 0 unspecified atom stereocenters. The van der Waals surface area contributed by atoms with Gasteiger partial charge in [-0.1, -0.05) is 0 Å². The van der Waals surface area contributed by atoms with Gasteiger partial charge >= 0.3 is 0 Å². The molecule has 102 valence electrons. The quantitative estimate of drug-likeness (QED) is 0.723. The topological polar surface area (TPSA) is 64.0 Å². The fraction of sp³-hybridized carbons (Fsp3) is 0.182. The summed E-state index contributed by atoms with van der Waals surface area (Å²) < 4.78 is 30.3. The molecule has 0 aliphatic heterocycles. The minimum absolute atomic E-state index is 0.0123. The molecule has 0 amide bonds. The van der Waals surface area contributed by atoms with Gasteiger partial charge in [-0.3, -0.25) is 4.72 Å². The van der Waals surface area contributed by atoms with Gasteiger partial charge in [0.2, 0.25) is 0 Å². The lowest BCUT2D eigenvalue weighted by molar-refractivity contribution is 0.598. The fourth-order valence-electron chi connectivity index (χ4n) is 1.43. The van der Waals surface area contributed by atoms with Gasteiger partial charge in [-0.25, -0.2) is 4.98 Å². The first kappa shape index (κ1) is 14.8. The number of anilines is 1. The highest BCUT2D eigenvalue weighted by atomic mass is 127. The first-order chi connectivity index (χ1) is 8.79. The third kappa shape index (κ3) is 3.29. The van der Waals surface area contributed by atoms with Crippen LogP contribution in [0.15, 0.2) is 33.9 Å². The minimum Gasteiger partial charge on any atom is -0.337 e. The molecule has 1 aromatic carbocycles. The number of hydrogen-bond donors (Lipinski definition) is 1. The Morgan fingerprint density at radius 2 is 2.11 bits per heavy atom. The van der Waals surface area contributed by atoms with Crippen molar-refractivity contribution in [2.45, 2.75) is 11.9 Å². The molecule has 1 aromatic heterocycles. The number of imidazole rings is 1. The molecule has 0 atom stereocenters. The van der Waals surface area contributed by atoms with Crippen LogP contribution in [-0.2, 0) is 17.1 Å². The van der Waals surface area contributed by atoms with E-state index < -0.39 is 10.0 Å². The van der Waals surface area contributed by atoms with Crippen molar-refractivity contribution in [3.8, 4) is 0 Å². The van der Waals surface area contributed by atoms with E-state index in [0.717, 1.165) is 3.57 Å². The minimum atomic E-state index is -3.67. The maximum atomic E-state index is 12.2. The average molecular weight is 456 g/mol. The van der Waals surface area contributed by atoms with Crippen molar-refractivity contribution >= 4 is 54.2 Å². The van der Waals surface area contributed by atoms with Crippen molar-refractivity contribution in [2.75, 3.05) is 4.72 Å². The van der Waals surface area contributed by atoms with Crippen molar-refractivity contribution in [3.05, 3.63) is 38.3 Å². The molecule has 0 fully saturated rings. The predicted octanol–water partition coefficient (Wildman–Crippen LogP) is 2.90. The lowest BCUT2D eigenvalue weighted by Gasteiger charge is -2.08. The van der Waals surface area contributed by atoms with Crippen molar-refractivity contribution < 1.29 is 8.42 Å². The van der Waals surface area contributed by atoms with Crippen LogP contribution in [0.4, 0.5) is 5.69 Å². The van der Waals surface area contributed by atoms with Gasteiger partial charge in [0.25, 0.3) is 10.0 Å². The maximum absolute atomic E-state index is 12.2. The molecule has 0 spiro atoms. The smallest absolute Gasteiger partial charge is 0.280 e. The van der Waals surface area contributed by atoms with Gasteiger partial charge in [-0.05, 0) is 63.6 Å². The van der Waals surface area contributed by atoms with Gasteiger partial charge in [-0.15, -0.1) is 0 Å². The van der Waals surface area contributed by atoms with E-state index in [1.807, 2.05) is 6.07 Å². The third-order valence-corrected chi connectivity index (χ3v) is 5.13. The highest BCUT2D eigenvalue weighted by Gasteiger charge is 2.19. The molecule has 0 saturated carbocycles. The Bertz CT molecular complexity index is 708. The van der Waals surface area contributed by atoms with Crippen LogP contribution in [0.3, 0.4) is 0 Å². The largest absolute Gasteiger partial charge is 0.337 e. The Morgan fingerprint density at radius 1 is 1.42 bits per heavy atom. The van der Waals surface area contributed by atoms with E-state index in [-0.39, 0.29) is 5.03 Å². The summed E-state index contributed by atoms with van der Waals surface area (Å²) in [5, 5.41) is 0.0123. The molecule has 0 aliphatic carbocycles. The zero-order valence-electron chi connectivity index (χ0n) is 10.2. The van der Waals surface area contributed by atoms with Crippen molar-refractivity contribution in [2.24, 2.45) is 7.05 Å². The highest BCUT2D eigenvalue weighted by molar-refractivity contribution is 14.1. The molecule has 8 heteroatoms. The lowest BCUT2D eigenvalue weighted by atomic mass is 10.3. The summed E-state index contributed by atoms with van der Waals surface area (Å²) in [4.78, 5) is 4.03. The number of hydrogen-bond acceptors (Lipinski definition) is 3. The van der Waals surface area contributed by atoms with E-state index >= 15 is 0 Å². The summed E-state index contributed by atoms with van der Waals surface area (Å²) in [5.41, 5.74) is 0.496. The summed E-state index contributed by atoms with van der Waals surface area (Å²) in [6.45, 7) is 1.75. The van der Waals surface area contributed by atoms with E-state index in [9.17, 15) is 8.42 Å². The van der Waals surface area contributed by atoms with Gasteiger partial charge in [-0.2, -0.15) is 8.42 Å².